The molecular weight excluding hydrogens is 230 g/mol. The average molecular weight is 242 g/mol. The van der Waals surface area contributed by atoms with Gasteiger partial charge in [-0.2, -0.15) is 0 Å². The lowest BCUT2D eigenvalue weighted by molar-refractivity contribution is -0.127. The second-order valence-electron chi connectivity index (χ2n) is 3.58. The molecule has 1 amide bonds. The fourth-order valence-corrected chi connectivity index (χ4v) is 2.92. The lowest BCUT2D eigenvalue weighted by atomic mass is 10.2. The van der Waals surface area contributed by atoms with Crippen LogP contribution in [0.2, 0.25) is 0 Å². The molecule has 0 radical (unpaired) electrons. The SMILES string of the molecule is C=C(Cl)C(=O)N1CCCC1c1cccs1. The first kappa shape index (κ1) is 10.7. The fourth-order valence-electron chi connectivity index (χ4n) is 1.94. The molecule has 2 nitrogen and oxygen atoms in total. The van der Waals surface area contributed by atoms with E-state index in [0.717, 1.165) is 19.4 Å². The van der Waals surface area contributed by atoms with Gasteiger partial charge in [-0.1, -0.05) is 24.2 Å². The van der Waals surface area contributed by atoms with E-state index in [1.165, 1.54) is 4.88 Å². The topological polar surface area (TPSA) is 20.3 Å². The highest BCUT2D eigenvalue weighted by molar-refractivity contribution is 7.10. The number of hydrogen-bond donors (Lipinski definition) is 0. The maximum absolute atomic E-state index is 11.7. The molecule has 0 bridgehead atoms. The number of likely N-dealkylation sites (tertiary alicyclic amines) is 1. The lowest BCUT2D eigenvalue weighted by Crippen LogP contribution is -2.29. The van der Waals surface area contributed by atoms with Crippen molar-refractivity contribution < 1.29 is 4.79 Å². The molecule has 2 rings (SSSR count). The van der Waals surface area contributed by atoms with Crippen LogP contribution in [0.1, 0.15) is 23.8 Å². The van der Waals surface area contributed by atoms with Gasteiger partial charge in [0.25, 0.3) is 5.91 Å². The zero-order valence-electron chi connectivity index (χ0n) is 8.28. The second kappa shape index (κ2) is 4.37. The molecule has 1 atom stereocenters. The number of carbonyl (C=O) groups excluding carboxylic acids is 1. The van der Waals surface area contributed by atoms with Crippen molar-refractivity contribution in [3.63, 3.8) is 0 Å². The third-order valence-corrected chi connectivity index (χ3v) is 3.75. The summed E-state index contributed by atoms with van der Waals surface area (Å²) in [7, 11) is 0. The van der Waals surface area contributed by atoms with E-state index in [1.807, 2.05) is 16.3 Å². The molecule has 80 valence electrons. The number of nitrogens with zero attached hydrogens (tertiary/aromatic N) is 1. The molecule has 0 spiro atoms. The van der Waals surface area contributed by atoms with Gasteiger partial charge in [-0.3, -0.25) is 4.79 Å². The summed E-state index contributed by atoms with van der Waals surface area (Å²) in [5.74, 6) is -0.132. The van der Waals surface area contributed by atoms with Gasteiger partial charge in [0.1, 0.15) is 0 Å². The number of halogens is 1. The molecule has 1 fully saturated rings. The van der Waals surface area contributed by atoms with Gasteiger partial charge in [-0.05, 0) is 24.3 Å². The summed E-state index contributed by atoms with van der Waals surface area (Å²) >= 11 is 7.34. The molecule has 0 saturated carbocycles. The van der Waals surface area contributed by atoms with Crippen LogP contribution in [0, 0.1) is 0 Å². The van der Waals surface area contributed by atoms with Crippen molar-refractivity contribution in [2.24, 2.45) is 0 Å². The van der Waals surface area contributed by atoms with Gasteiger partial charge >= 0.3 is 0 Å². The predicted molar refractivity (Wildman–Crippen MR) is 63.0 cm³/mol. The number of carbonyl (C=O) groups is 1. The van der Waals surface area contributed by atoms with E-state index in [9.17, 15) is 4.79 Å². The van der Waals surface area contributed by atoms with Crippen molar-refractivity contribution in [2.75, 3.05) is 6.54 Å². The Morgan fingerprint density at radius 3 is 3.07 bits per heavy atom. The first-order valence-corrected chi connectivity index (χ1v) is 6.14. The van der Waals surface area contributed by atoms with E-state index in [-0.39, 0.29) is 17.0 Å². The van der Waals surface area contributed by atoms with Crippen LogP contribution in [-0.2, 0) is 4.79 Å². The smallest absolute Gasteiger partial charge is 0.265 e. The van der Waals surface area contributed by atoms with Gasteiger partial charge in [0.15, 0.2) is 0 Å². The van der Waals surface area contributed by atoms with Gasteiger partial charge in [0.05, 0.1) is 11.1 Å². The Labute approximate surface area is 98.2 Å². The van der Waals surface area contributed by atoms with Crippen molar-refractivity contribution in [3.8, 4) is 0 Å². The van der Waals surface area contributed by atoms with Crippen LogP contribution >= 0.6 is 22.9 Å². The van der Waals surface area contributed by atoms with E-state index in [4.69, 9.17) is 11.6 Å². The maximum Gasteiger partial charge on any atom is 0.265 e. The van der Waals surface area contributed by atoms with Crippen molar-refractivity contribution in [1.29, 1.82) is 0 Å². The van der Waals surface area contributed by atoms with E-state index in [0.29, 0.717) is 0 Å². The molecule has 0 aromatic carbocycles. The summed E-state index contributed by atoms with van der Waals surface area (Å²) in [6.45, 7) is 4.28. The molecule has 1 aromatic rings. The molecule has 1 unspecified atom stereocenters. The second-order valence-corrected chi connectivity index (χ2v) is 5.01. The van der Waals surface area contributed by atoms with E-state index in [1.54, 1.807) is 11.3 Å². The fraction of sp³-hybridized carbons (Fsp3) is 0.364. The Bertz CT molecular complexity index is 374. The number of thiophene rings is 1. The summed E-state index contributed by atoms with van der Waals surface area (Å²) < 4.78 is 0. The van der Waals surface area contributed by atoms with Crippen molar-refractivity contribution in [2.45, 2.75) is 18.9 Å². The first-order valence-electron chi connectivity index (χ1n) is 4.89. The molecule has 15 heavy (non-hydrogen) atoms. The summed E-state index contributed by atoms with van der Waals surface area (Å²) in [6, 6.07) is 4.28. The Balaban J connectivity index is 2.19. The third-order valence-electron chi connectivity index (χ3n) is 2.62. The highest BCUT2D eigenvalue weighted by Crippen LogP contribution is 2.35. The Morgan fingerprint density at radius 1 is 1.67 bits per heavy atom. The molecule has 1 aromatic heterocycles. The van der Waals surface area contributed by atoms with Crippen molar-refractivity contribution in [1.82, 2.24) is 4.90 Å². The number of rotatable bonds is 2. The van der Waals surface area contributed by atoms with Gasteiger partial charge < -0.3 is 4.90 Å². The largest absolute Gasteiger partial charge is 0.330 e. The van der Waals surface area contributed by atoms with Crippen LogP contribution < -0.4 is 0 Å². The Kier molecular flexibility index (Phi) is 3.12. The molecule has 4 heteroatoms. The number of amides is 1. The van der Waals surface area contributed by atoms with E-state index in [2.05, 4.69) is 12.6 Å². The van der Waals surface area contributed by atoms with Crippen LogP contribution in [-0.4, -0.2) is 17.4 Å². The van der Waals surface area contributed by atoms with E-state index < -0.39 is 0 Å². The van der Waals surface area contributed by atoms with Crippen molar-refractivity contribution >= 4 is 28.8 Å². The maximum atomic E-state index is 11.7. The van der Waals surface area contributed by atoms with Gasteiger partial charge in [-0.25, -0.2) is 0 Å². The molecule has 1 aliphatic rings. The average Bonchev–Trinajstić information content (AvgIpc) is 2.86. The van der Waals surface area contributed by atoms with Crippen LogP contribution in [0.3, 0.4) is 0 Å². The Morgan fingerprint density at radius 2 is 2.47 bits per heavy atom. The van der Waals surface area contributed by atoms with Crippen LogP contribution in [0.4, 0.5) is 0 Å². The highest BCUT2D eigenvalue weighted by atomic mass is 35.5. The van der Waals surface area contributed by atoms with Gasteiger partial charge in [0.2, 0.25) is 0 Å². The normalized spacial score (nSPS) is 20.6. The quantitative estimate of drug-likeness (QED) is 0.729. The van der Waals surface area contributed by atoms with E-state index >= 15 is 0 Å². The minimum Gasteiger partial charge on any atom is -0.330 e. The molecule has 1 saturated heterocycles. The first-order chi connectivity index (χ1) is 7.20. The summed E-state index contributed by atoms with van der Waals surface area (Å²) in [6.07, 6.45) is 2.06. The monoisotopic (exact) mass is 241 g/mol. The minimum atomic E-state index is -0.132. The van der Waals surface area contributed by atoms with Gasteiger partial charge in [0, 0.05) is 11.4 Å². The summed E-state index contributed by atoms with van der Waals surface area (Å²) in [4.78, 5) is 14.8. The predicted octanol–water partition coefficient (Wildman–Crippen LogP) is 3.16. The zero-order chi connectivity index (χ0) is 10.8. The van der Waals surface area contributed by atoms with Crippen LogP contribution in [0.5, 0.6) is 0 Å². The standard InChI is InChI=1S/C11H12ClNOS/c1-8(12)11(14)13-6-2-4-9(13)10-5-3-7-15-10/h3,5,7,9H,1-2,4,6H2. The van der Waals surface area contributed by atoms with Crippen LogP contribution in [0.25, 0.3) is 0 Å². The Hall–Kier alpha value is -0.800. The highest BCUT2D eigenvalue weighted by Gasteiger charge is 2.31. The van der Waals surface area contributed by atoms with Crippen molar-refractivity contribution in [3.05, 3.63) is 34.0 Å². The molecule has 1 aliphatic heterocycles. The third kappa shape index (κ3) is 2.08. The minimum absolute atomic E-state index is 0.110. The molecular formula is C11H12ClNOS. The van der Waals surface area contributed by atoms with Crippen LogP contribution in [0.15, 0.2) is 29.1 Å². The molecule has 0 aliphatic carbocycles. The summed E-state index contributed by atoms with van der Waals surface area (Å²) in [5.41, 5.74) is 0. The summed E-state index contributed by atoms with van der Waals surface area (Å²) in [5, 5.41) is 2.14. The molecule has 0 N–H and O–H groups in total. The molecule has 2 heterocycles. The van der Waals surface area contributed by atoms with Gasteiger partial charge in [-0.15, -0.1) is 11.3 Å². The zero-order valence-corrected chi connectivity index (χ0v) is 9.85. The number of hydrogen-bond acceptors (Lipinski definition) is 2. The lowest BCUT2D eigenvalue weighted by Gasteiger charge is -2.23.